The van der Waals surface area contributed by atoms with Gasteiger partial charge < -0.3 is 5.73 Å². The largest absolute Gasteiger partial charge is 0.326 e. The molecule has 0 unspecified atom stereocenters. The predicted molar refractivity (Wildman–Crippen MR) is 78.3 cm³/mol. The van der Waals surface area contributed by atoms with Crippen molar-refractivity contribution in [2.24, 2.45) is 11.1 Å². The van der Waals surface area contributed by atoms with E-state index < -0.39 is 10.0 Å². The second kappa shape index (κ2) is 6.03. The zero-order valence-electron chi connectivity index (χ0n) is 12.2. The van der Waals surface area contributed by atoms with Crippen molar-refractivity contribution in [1.82, 2.24) is 4.72 Å². The van der Waals surface area contributed by atoms with Crippen molar-refractivity contribution in [1.29, 1.82) is 0 Å². The van der Waals surface area contributed by atoms with Crippen LogP contribution in [0.15, 0.2) is 23.1 Å². The first-order chi connectivity index (χ1) is 8.65. The summed E-state index contributed by atoms with van der Waals surface area (Å²) in [5, 5.41) is 0. The van der Waals surface area contributed by atoms with Crippen LogP contribution in [0.1, 0.15) is 38.3 Å². The molecule has 5 heteroatoms. The van der Waals surface area contributed by atoms with Crippen LogP contribution in [0.5, 0.6) is 0 Å². The van der Waals surface area contributed by atoms with Gasteiger partial charge in [-0.15, -0.1) is 0 Å². The molecular weight excluding hydrogens is 260 g/mol. The Kier molecular flexibility index (Phi) is 5.12. The minimum absolute atomic E-state index is 0.112. The van der Waals surface area contributed by atoms with Crippen LogP contribution >= 0.6 is 0 Å². The molecule has 1 rings (SSSR count). The molecule has 3 N–H and O–H groups in total. The topological polar surface area (TPSA) is 72.2 Å². The maximum Gasteiger partial charge on any atom is 0.240 e. The van der Waals surface area contributed by atoms with Gasteiger partial charge >= 0.3 is 0 Å². The number of nitrogens with two attached hydrogens (primary N) is 1. The number of rotatable bonds is 5. The summed E-state index contributed by atoms with van der Waals surface area (Å²) in [7, 11) is -3.43. The zero-order valence-corrected chi connectivity index (χ0v) is 13.0. The molecule has 1 aromatic rings. The number of nitrogens with one attached hydrogen (secondary N) is 1. The predicted octanol–water partition coefficient (Wildman–Crippen LogP) is 2.17. The van der Waals surface area contributed by atoms with Crippen molar-refractivity contribution >= 4 is 10.0 Å². The van der Waals surface area contributed by atoms with E-state index >= 15 is 0 Å². The summed E-state index contributed by atoms with van der Waals surface area (Å²) in [6.45, 7) is 8.91. The minimum atomic E-state index is -3.43. The number of hydrogen-bond donors (Lipinski definition) is 2. The molecule has 0 aliphatic carbocycles. The molecule has 0 spiro atoms. The van der Waals surface area contributed by atoms with Gasteiger partial charge in [0.25, 0.3) is 0 Å². The van der Waals surface area contributed by atoms with Gasteiger partial charge in [-0.2, -0.15) is 0 Å². The lowest BCUT2D eigenvalue weighted by atomic mass is 9.93. The van der Waals surface area contributed by atoms with Crippen molar-refractivity contribution in [3.8, 4) is 0 Å². The third-order valence-electron chi connectivity index (χ3n) is 2.93. The maximum absolute atomic E-state index is 12.2. The molecule has 0 atom stereocenters. The van der Waals surface area contributed by atoms with Crippen LogP contribution < -0.4 is 10.5 Å². The standard InChI is InChI=1S/C14H24N2O2S/c1-11-9-12(10-15)5-6-13(11)19(17,18)16-8-7-14(2,3)4/h5-6,9,16H,7-8,10,15H2,1-4H3. The Hall–Kier alpha value is -0.910. The van der Waals surface area contributed by atoms with Gasteiger partial charge in [-0.05, 0) is 36.0 Å². The first kappa shape index (κ1) is 16.1. The molecule has 0 aromatic heterocycles. The lowest BCUT2D eigenvalue weighted by Gasteiger charge is -2.18. The van der Waals surface area contributed by atoms with Crippen LogP contribution in [0.3, 0.4) is 0 Å². The minimum Gasteiger partial charge on any atom is -0.326 e. The van der Waals surface area contributed by atoms with Crippen molar-refractivity contribution in [2.75, 3.05) is 6.54 Å². The smallest absolute Gasteiger partial charge is 0.240 e. The number of sulfonamides is 1. The molecule has 0 heterocycles. The number of hydrogen-bond acceptors (Lipinski definition) is 3. The van der Waals surface area contributed by atoms with Crippen molar-refractivity contribution in [3.63, 3.8) is 0 Å². The fourth-order valence-corrected chi connectivity index (χ4v) is 3.03. The summed E-state index contributed by atoms with van der Waals surface area (Å²) in [4.78, 5) is 0.332. The molecule has 0 fully saturated rings. The third kappa shape index (κ3) is 4.93. The first-order valence-corrected chi connectivity index (χ1v) is 7.93. The van der Waals surface area contributed by atoms with Gasteiger partial charge in [0.1, 0.15) is 0 Å². The summed E-state index contributed by atoms with van der Waals surface area (Å²) in [6, 6.07) is 5.20. The Labute approximate surface area is 116 Å². The third-order valence-corrected chi connectivity index (χ3v) is 4.55. The molecule has 4 nitrogen and oxygen atoms in total. The quantitative estimate of drug-likeness (QED) is 0.870. The van der Waals surface area contributed by atoms with E-state index in [4.69, 9.17) is 5.73 Å². The zero-order chi connectivity index (χ0) is 14.7. The highest BCUT2D eigenvalue weighted by molar-refractivity contribution is 7.89. The summed E-state index contributed by atoms with van der Waals surface area (Å²) in [5.41, 5.74) is 7.32. The average Bonchev–Trinajstić information content (AvgIpc) is 2.26. The van der Waals surface area contributed by atoms with Crippen LogP contribution in [0, 0.1) is 12.3 Å². The Morgan fingerprint density at radius 3 is 2.37 bits per heavy atom. The van der Waals surface area contributed by atoms with Crippen LogP contribution in [0.2, 0.25) is 0 Å². The van der Waals surface area contributed by atoms with E-state index in [0.29, 0.717) is 18.0 Å². The van der Waals surface area contributed by atoms with E-state index in [1.54, 1.807) is 19.1 Å². The van der Waals surface area contributed by atoms with E-state index in [0.717, 1.165) is 17.5 Å². The van der Waals surface area contributed by atoms with Crippen molar-refractivity contribution < 1.29 is 8.42 Å². The molecule has 0 bridgehead atoms. The van der Waals surface area contributed by atoms with E-state index in [1.807, 2.05) is 6.07 Å². The summed E-state index contributed by atoms with van der Waals surface area (Å²) in [5.74, 6) is 0. The lowest BCUT2D eigenvalue weighted by molar-refractivity contribution is 0.378. The van der Waals surface area contributed by atoms with E-state index in [1.165, 1.54) is 0 Å². The molecular formula is C14H24N2O2S. The van der Waals surface area contributed by atoms with Gasteiger partial charge in [0, 0.05) is 13.1 Å². The molecule has 0 radical (unpaired) electrons. The highest BCUT2D eigenvalue weighted by atomic mass is 32.2. The van der Waals surface area contributed by atoms with Crippen LogP contribution in [0.25, 0.3) is 0 Å². The Bertz CT molecular complexity index is 531. The van der Waals surface area contributed by atoms with Gasteiger partial charge in [0.05, 0.1) is 4.90 Å². The van der Waals surface area contributed by atoms with Gasteiger partial charge in [-0.3, -0.25) is 0 Å². The first-order valence-electron chi connectivity index (χ1n) is 6.45. The Morgan fingerprint density at radius 2 is 1.89 bits per heavy atom. The van der Waals surface area contributed by atoms with E-state index in [2.05, 4.69) is 25.5 Å². The van der Waals surface area contributed by atoms with Crippen molar-refractivity contribution in [2.45, 2.75) is 45.6 Å². The molecule has 1 aromatic carbocycles. The second-order valence-corrected chi connectivity index (χ2v) is 7.75. The molecule has 0 amide bonds. The normalized spacial score (nSPS) is 12.7. The number of aryl methyl sites for hydroxylation is 1. The molecule has 0 saturated heterocycles. The van der Waals surface area contributed by atoms with E-state index in [9.17, 15) is 8.42 Å². The molecule has 0 aliphatic rings. The van der Waals surface area contributed by atoms with Crippen LogP contribution in [0.4, 0.5) is 0 Å². The van der Waals surface area contributed by atoms with Crippen molar-refractivity contribution in [3.05, 3.63) is 29.3 Å². The number of benzene rings is 1. The highest BCUT2D eigenvalue weighted by Crippen LogP contribution is 2.19. The molecule has 108 valence electrons. The molecule has 0 aliphatic heterocycles. The molecule has 0 saturated carbocycles. The summed E-state index contributed by atoms with van der Waals surface area (Å²) >= 11 is 0. The second-order valence-electron chi connectivity index (χ2n) is 6.01. The SMILES string of the molecule is Cc1cc(CN)ccc1S(=O)(=O)NCCC(C)(C)C. The van der Waals surface area contributed by atoms with Gasteiger partial charge in [-0.25, -0.2) is 13.1 Å². The average molecular weight is 284 g/mol. The Morgan fingerprint density at radius 1 is 1.26 bits per heavy atom. The fourth-order valence-electron chi connectivity index (χ4n) is 1.78. The van der Waals surface area contributed by atoms with Gasteiger partial charge in [-0.1, -0.05) is 32.9 Å². The van der Waals surface area contributed by atoms with Gasteiger partial charge in [0.2, 0.25) is 10.0 Å². The van der Waals surface area contributed by atoms with Crippen LogP contribution in [-0.2, 0) is 16.6 Å². The van der Waals surface area contributed by atoms with Crippen LogP contribution in [-0.4, -0.2) is 15.0 Å². The molecule has 19 heavy (non-hydrogen) atoms. The van der Waals surface area contributed by atoms with Gasteiger partial charge in [0.15, 0.2) is 0 Å². The summed E-state index contributed by atoms with van der Waals surface area (Å²) in [6.07, 6.45) is 0.798. The fraction of sp³-hybridized carbons (Fsp3) is 0.571. The lowest BCUT2D eigenvalue weighted by Crippen LogP contribution is -2.28. The highest BCUT2D eigenvalue weighted by Gasteiger charge is 2.18. The monoisotopic (exact) mass is 284 g/mol. The summed E-state index contributed by atoms with van der Waals surface area (Å²) < 4.78 is 27.0. The Balaban J connectivity index is 2.83. The maximum atomic E-state index is 12.2. The van der Waals surface area contributed by atoms with E-state index in [-0.39, 0.29) is 5.41 Å².